The van der Waals surface area contributed by atoms with E-state index >= 15 is 0 Å². The Balaban J connectivity index is 2.65. The van der Waals surface area contributed by atoms with Crippen LogP contribution in [0.15, 0.2) is 0 Å². The van der Waals surface area contributed by atoms with Gasteiger partial charge in [0.1, 0.15) is 0 Å². The molecule has 4 heteroatoms. The van der Waals surface area contributed by atoms with Gasteiger partial charge >= 0.3 is 0 Å². The first-order valence-corrected chi connectivity index (χ1v) is 4.53. The molecule has 3 N–H and O–H groups in total. The van der Waals surface area contributed by atoms with Crippen molar-refractivity contribution in [2.45, 2.75) is 0 Å². The van der Waals surface area contributed by atoms with E-state index in [1.165, 1.54) is 0 Å². The van der Waals surface area contributed by atoms with E-state index in [1.807, 2.05) is 0 Å². The minimum atomic E-state index is 0.113. The molecule has 62 valence electrons. The van der Waals surface area contributed by atoms with Crippen LogP contribution < -0.4 is 5.73 Å². The summed E-state index contributed by atoms with van der Waals surface area (Å²) in [7, 11) is 0. The summed E-state index contributed by atoms with van der Waals surface area (Å²) in [5.74, 6) is 1.96. The van der Waals surface area contributed by atoms with Crippen LogP contribution in [-0.2, 0) is 4.74 Å². The fourth-order valence-electron chi connectivity index (χ4n) is 0.470. The van der Waals surface area contributed by atoms with Gasteiger partial charge in [-0.1, -0.05) is 0 Å². The lowest BCUT2D eigenvalue weighted by Gasteiger charge is -2.00. The van der Waals surface area contributed by atoms with E-state index in [0.717, 1.165) is 18.1 Å². The summed E-state index contributed by atoms with van der Waals surface area (Å²) in [5, 5.41) is 8.32. The topological polar surface area (TPSA) is 55.5 Å². The average Bonchev–Trinajstić information content (AvgIpc) is 1.97. The van der Waals surface area contributed by atoms with Crippen LogP contribution in [-0.4, -0.2) is 43.0 Å². The average molecular weight is 165 g/mol. The smallest absolute Gasteiger partial charge is 0.0698 e. The first kappa shape index (κ1) is 10.2. The second-order valence-corrected chi connectivity index (χ2v) is 2.96. The predicted molar refractivity (Wildman–Crippen MR) is 44.3 cm³/mol. The molecule has 0 radical (unpaired) electrons. The molecular weight excluding hydrogens is 150 g/mol. The Labute approximate surface area is 65.9 Å². The van der Waals surface area contributed by atoms with Gasteiger partial charge in [0.05, 0.1) is 19.8 Å². The van der Waals surface area contributed by atoms with Crippen LogP contribution in [0.2, 0.25) is 0 Å². The number of hydrogen-bond acceptors (Lipinski definition) is 4. The van der Waals surface area contributed by atoms with Gasteiger partial charge in [-0.25, -0.2) is 0 Å². The molecule has 0 unspecified atom stereocenters. The summed E-state index contributed by atoms with van der Waals surface area (Å²) < 4.78 is 5.02. The van der Waals surface area contributed by atoms with Gasteiger partial charge in [-0.05, 0) is 0 Å². The van der Waals surface area contributed by atoms with Crippen LogP contribution in [0.4, 0.5) is 0 Å². The normalized spacial score (nSPS) is 10.2. The summed E-state index contributed by atoms with van der Waals surface area (Å²) in [6.45, 7) is 2.00. The minimum Gasteiger partial charge on any atom is -0.394 e. The third-order valence-electron chi connectivity index (χ3n) is 0.870. The summed E-state index contributed by atoms with van der Waals surface area (Å²) in [5.41, 5.74) is 5.27. The van der Waals surface area contributed by atoms with Gasteiger partial charge in [-0.3, -0.25) is 0 Å². The maximum absolute atomic E-state index is 8.32. The Hall–Kier alpha value is 0.230. The zero-order valence-corrected chi connectivity index (χ0v) is 6.90. The fraction of sp³-hybridized carbons (Fsp3) is 1.00. The molecule has 0 bridgehead atoms. The number of rotatable bonds is 7. The second-order valence-electron chi connectivity index (χ2n) is 1.74. The van der Waals surface area contributed by atoms with E-state index in [4.69, 9.17) is 15.6 Å². The first-order chi connectivity index (χ1) is 4.91. The highest BCUT2D eigenvalue weighted by Crippen LogP contribution is 1.96. The van der Waals surface area contributed by atoms with Crippen molar-refractivity contribution in [1.29, 1.82) is 0 Å². The molecule has 0 saturated heterocycles. The number of ether oxygens (including phenoxy) is 1. The molecule has 0 spiro atoms. The standard InChI is InChI=1S/C6H15NO2S/c7-1-5-10-6-4-9-3-2-8/h8H,1-7H2. The molecule has 0 fully saturated rings. The molecule has 0 aliphatic rings. The third kappa shape index (κ3) is 8.23. The van der Waals surface area contributed by atoms with E-state index in [2.05, 4.69) is 0 Å². The first-order valence-electron chi connectivity index (χ1n) is 3.38. The molecule has 0 aliphatic heterocycles. The SMILES string of the molecule is NCCSCCOCCO. The summed E-state index contributed by atoms with van der Waals surface area (Å²) in [6.07, 6.45) is 0. The Morgan fingerprint density at radius 1 is 1.30 bits per heavy atom. The Kier molecular flexibility index (Phi) is 9.44. The molecule has 0 rings (SSSR count). The highest BCUT2D eigenvalue weighted by atomic mass is 32.2. The quantitative estimate of drug-likeness (QED) is 0.508. The molecule has 0 amide bonds. The molecule has 0 atom stereocenters. The molecule has 0 saturated carbocycles. The van der Waals surface area contributed by atoms with Crippen molar-refractivity contribution in [3.05, 3.63) is 0 Å². The summed E-state index contributed by atoms with van der Waals surface area (Å²) >= 11 is 1.77. The van der Waals surface area contributed by atoms with E-state index < -0.39 is 0 Å². The summed E-state index contributed by atoms with van der Waals surface area (Å²) in [4.78, 5) is 0. The number of thioether (sulfide) groups is 1. The van der Waals surface area contributed by atoms with E-state index in [1.54, 1.807) is 11.8 Å². The molecule has 10 heavy (non-hydrogen) atoms. The minimum absolute atomic E-state index is 0.113. The lowest BCUT2D eigenvalue weighted by molar-refractivity contribution is 0.103. The zero-order chi connectivity index (χ0) is 7.66. The molecule has 0 aromatic carbocycles. The number of hydrogen-bond donors (Lipinski definition) is 2. The lowest BCUT2D eigenvalue weighted by Crippen LogP contribution is -2.06. The van der Waals surface area contributed by atoms with E-state index in [9.17, 15) is 0 Å². The van der Waals surface area contributed by atoms with Gasteiger partial charge in [0.15, 0.2) is 0 Å². The largest absolute Gasteiger partial charge is 0.394 e. The number of aliphatic hydroxyl groups excluding tert-OH is 1. The number of nitrogens with two attached hydrogens (primary N) is 1. The Morgan fingerprint density at radius 3 is 2.70 bits per heavy atom. The van der Waals surface area contributed by atoms with Crippen molar-refractivity contribution in [2.24, 2.45) is 5.73 Å². The van der Waals surface area contributed by atoms with Crippen molar-refractivity contribution in [3.63, 3.8) is 0 Å². The lowest BCUT2D eigenvalue weighted by atomic mass is 10.7. The van der Waals surface area contributed by atoms with Crippen LogP contribution in [0.25, 0.3) is 0 Å². The van der Waals surface area contributed by atoms with Gasteiger partial charge < -0.3 is 15.6 Å². The molecule has 0 aliphatic carbocycles. The molecule has 0 aromatic heterocycles. The second kappa shape index (κ2) is 9.23. The van der Waals surface area contributed by atoms with Crippen molar-refractivity contribution in [3.8, 4) is 0 Å². The highest BCUT2D eigenvalue weighted by Gasteiger charge is 1.87. The van der Waals surface area contributed by atoms with Gasteiger partial charge in [-0.15, -0.1) is 0 Å². The summed E-state index contributed by atoms with van der Waals surface area (Å²) in [6, 6.07) is 0. The van der Waals surface area contributed by atoms with Crippen molar-refractivity contribution in [1.82, 2.24) is 0 Å². The maximum Gasteiger partial charge on any atom is 0.0698 e. The maximum atomic E-state index is 8.32. The van der Waals surface area contributed by atoms with Crippen molar-refractivity contribution in [2.75, 3.05) is 37.9 Å². The van der Waals surface area contributed by atoms with Crippen LogP contribution in [0.5, 0.6) is 0 Å². The van der Waals surface area contributed by atoms with Crippen molar-refractivity contribution >= 4 is 11.8 Å². The zero-order valence-electron chi connectivity index (χ0n) is 6.08. The van der Waals surface area contributed by atoms with Gasteiger partial charge in [0.2, 0.25) is 0 Å². The van der Waals surface area contributed by atoms with Crippen molar-refractivity contribution < 1.29 is 9.84 Å². The monoisotopic (exact) mass is 165 g/mol. The number of aliphatic hydroxyl groups is 1. The van der Waals surface area contributed by atoms with E-state index in [-0.39, 0.29) is 6.61 Å². The molecule has 3 nitrogen and oxygen atoms in total. The van der Waals surface area contributed by atoms with Crippen LogP contribution in [0.1, 0.15) is 0 Å². The Morgan fingerprint density at radius 2 is 2.10 bits per heavy atom. The van der Waals surface area contributed by atoms with Crippen LogP contribution in [0, 0.1) is 0 Å². The fourth-order valence-corrected chi connectivity index (χ4v) is 1.08. The van der Waals surface area contributed by atoms with Crippen LogP contribution in [0.3, 0.4) is 0 Å². The van der Waals surface area contributed by atoms with Gasteiger partial charge in [0.25, 0.3) is 0 Å². The highest BCUT2D eigenvalue weighted by molar-refractivity contribution is 7.99. The Bertz CT molecular complexity index is 55.7. The van der Waals surface area contributed by atoms with E-state index in [0.29, 0.717) is 13.2 Å². The molecule has 0 aromatic rings. The third-order valence-corrected chi connectivity index (χ3v) is 1.85. The predicted octanol–water partition coefficient (Wildman–Crippen LogP) is -0.313. The molecule has 0 heterocycles. The molecular formula is C6H15NO2S. The van der Waals surface area contributed by atoms with Crippen LogP contribution >= 0.6 is 11.8 Å². The van der Waals surface area contributed by atoms with Gasteiger partial charge in [0, 0.05) is 18.1 Å². The van der Waals surface area contributed by atoms with Gasteiger partial charge in [-0.2, -0.15) is 11.8 Å².